The summed E-state index contributed by atoms with van der Waals surface area (Å²) in [6.45, 7) is 22.6. The first-order valence-corrected chi connectivity index (χ1v) is 45.2. The van der Waals surface area contributed by atoms with Crippen molar-refractivity contribution in [1.82, 2.24) is 35.6 Å². The molecule has 6 aliphatic rings. The Morgan fingerprint density at radius 3 is 1.25 bits per heavy atom. The molecule has 127 heavy (non-hydrogen) atoms. The predicted octanol–water partition coefficient (Wildman–Crippen LogP) is 11.2. The van der Waals surface area contributed by atoms with Crippen molar-refractivity contribution in [2.75, 3.05) is 179 Å². The zero-order valence-corrected chi connectivity index (χ0v) is 76.6. The number of carboxylic acids is 1. The lowest BCUT2D eigenvalue weighted by Crippen LogP contribution is -2.44. The van der Waals surface area contributed by atoms with Crippen LogP contribution >= 0.6 is 23.2 Å². The number of alkyl carbamates (subject to hydrolysis) is 2. The van der Waals surface area contributed by atoms with Crippen molar-refractivity contribution in [2.45, 2.75) is 198 Å². The van der Waals surface area contributed by atoms with E-state index in [0.717, 1.165) is 134 Å². The number of ether oxygens (including phenoxy) is 15. The molecule has 5 aromatic carbocycles. The molecule has 0 spiro atoms. The van der Waals surface area contributed by atoms with Crippen LogP contribution in [0.5, 0.6) is 23.0 Å². The van der Waals surface area contributed by atoms with E-state index in [0.29, 0.717) is 117 Å². The standard InChI is InChI=1S/C26H40N2O8.C25H32Cl2N2O5.C22H36N2O5.C20H29NO7/c1-26(2,3)36-25(31)27-23(24(30)28-12-11-21(18-28)32-15-13-29)19-7-9-20(10-8-19)33-16-17-35-22-6-4-5-14-34-22;1-28(25(32)15-18-2-7-22(26)23(27)14-18)24(17-29-9-8-21(16-29)34-13-11-31)19-3-5-20(6-4-19)33-12-10-30;1-23-21(17-24-10-9-20(16-24)26-13-11-25)18-5-7-19(8-6-18)27-14-15-29-22-4-2-3-12-28-22;1-20(2,3)28-19(24)21-17(18(22)23)14-7-9-15(10-8-14)25-12-13-27-16-6-4-5-11-26-16/h7-10,21-23,29H,4-6,11-18H2,1-3H3,(H,27,31);2-7,14,21,24,30-31H,8-13,15-17H2,1H3;5-8,20-23,25H,2-4,9-17H2,1H3;7-10,16-17H,4-6,11-13H2,1-3H3,(H,21,24)(H,22,23)/t21-,22?,23-;21-,24+;20-,21+,22?;16?,17-/m0000/s1. The number of carbonyl (C=O) groups excluding carboxylic acids is 4. The molecule has 0 saturated carbocycles. The van der Waals surface area contributed by atoms with Crippen LogP contribution in [-0.2, 0) is 72.9 Å². The number of hydrogen-bond donors (Lipinski definition) is 8. The molecule has 708 valence electrons. The first-order valence-electron chi connectivity index (χ1n) is 44.4. The summed E-state index contributed by atoms with van der Waals surface area (Å²) in [6.07, 6.45) is 10.6. The minimum Gasteiger partial charge on any atom is -0.491 e. The SMILES string of the molecule is CC(C)(C)OC(=O)N[C@H](C(=O)N1CC[C@H](OCCO)C1)c1ccc(OCCOC2CCCCO2)cc1.CC(C)(C)OC(=O)N[C@H](C(=O)O)c1ccc(OCCOC2CCCCO2)cc1.CN(C(=O)Cc1ccc(Cl)c(Cl)c1)[C@H](CN1CC[C@H](OCCO)C1)c1ccc(OCCO)cc1.CN[C@H](CN1CC[C@H](OCCO)C1)c1ccc(OCCOC2CCCCO2)cc1. The molecule has 6 saturated heterocycles. The fraction of sp³-hybridized carbons (Fsp3) is 0.624. The summed E-state index contributed by atoms with van der Waals surface area (Å²) in [7, 11) is 3.81. The molecule has 6 aliphatic heterocycles. The number of nitrogens with one attached hydrogen (secondary N) is 3. The summed E-state index contributed by atoms with van der Waals surface area (Å²) < 4.78 is 83.7. The number of halogens is 2. The van der Waals surface area contributed by atoms with Crippen molar-refractivity contribution >= 4 is 53.2 Å². The zero-order chi connectivity index (χ0) is 91.4. The lowest BCUT2D eigenvalue weighted by atomic mass is 10.0. The van der Waals surface area contributed by atoms with E-state index in [2.05, 4.69) is 37.9 Å². The van der Waals surface area contributed by atoms with Gasteiger partial charge in [0.25, 0.3) is 0 Å². The number of likely N-dealkylation sites (N-methyl/N-ethyl adjacent to an activating group) is 2. The summed E-state index contributed by atoms with van der Waals surface area (Å²) in [5.74, 6) is 1.28. The first kappa shape index (κ1) is 105. The number of likely N-dealkylation sites (tertiary alicyclic amines) is 3. The molecule has 32 nitrogen and oxygen atoms in total. The maximum atomic E-state index is 13.4. The van der Waals surface area contributed by atoms with Gasteiger partial charge in [-0.25, -0.2) is 14.4 Å². The van der Waals surface area contributed by atoms with E-state index in [1.807, 2.05) is 56.6 Å². The Bertz CT molecular complexity index is 3950. The molecule has 3 unspecified atom stereocenters. The molecule has 0 bridgehead atoms. The summed E-state index contributed by atoms with van der Waals surface area (Å²) in [6, 6.07) is 32.6. The molecule has 11 rings (SSSR count). The van der Waals surface area contributed by atoms with Gasteiger partial charge in [0.15, 0.2) is 24.9 Å². The highest BCUT2D eigenvalue weighted by atomic mass is 35.5. The molecule has 0 aliphatic carbocycles. The molecule has 6 heterocycles. The van der Waals surface area contributed by atoms with Gasteiger partial charge >= 0.3 is 18.2 Å². The predicted molar refractivity (Wildman–Crippen MR) is 477 cm³/mol. The average Bonchev–Trinajstić information content (AvgIpc) is 1.81. The third-order valence-electron chi connectivity index (χ3n) is 21.2. The van der Waals surface area contributed by atoms with Crippen LogP contribution in [0, 0.1) is 0 Å². The number of aliphatic carboxylic acids is 1. The lowest BCUT2D eigenvalue weighted by Gasteiger charge is -2.32. The number of hydrogen-bond acceptors (Lipinski definition) is 27. The normalized spacial score (nSPS) is 20.0. The van der Waals surface area contributed by atoms with Gasteiger partial charge < -0.3 is 122 Å². The Balaban J connectivity index is 0.000000211. The second-order valence-corrected chi connectivity index (χ2v) is 34.3. The van der Waals surface area contributed by atoms with Gasteiger partial charge in [0.05, 0.1) is 107 Å². The van der Waals surface area contributed by atoms with E-state index < -0.39 is 41.4 Å². The molecule has 0 radical (unpaired) electrons. The second kappa shape index (κ2) is 56.7. The van der Waals surface area contributed by atoms with Gasteiger partial charge in [-0.1, -0.05) is 77.8 Å². The third-order valence-corrected chi connectivity index (χ3v) is 21.9. The van der Waals surface area contributed by atoms with E-state index in [4.69, 9.17) is 115 Å². The molecule has 0 aromatic heterocycles. The monoisotopic (exact) mass is 1820 g/mol. The number of carbonyl (C=O) groups is 5. The molecule has 5 aromatic rings. The van der Waals surface area contributed by atoms with Crippen molar-refractivity contribution < 1.29 is 121 Å². The summed E-state index contributed by atoms with van der Waals surface area (Å²) in [5, 5.41) is 54.7. The zero-order valence-electron chi connectivity index (χ0n) is 75.1. The fourth-order valence-electron chi connectivity index (χ4n) is 14.8. The quantitative estimate of drug-likeness (QED) is 0.0168. The highest BCUT2D eigenvalue weighted by Crippen LogP contribution is 2.32. The maximum absolute atomic E-state index is 13.4. The third kappa shape index (κ3) is 39.4. The summed E-state index contributed by atoms with van der Waals surface area (Å²) in [4.78, 5) is 70.7. The number of amides is 4. The van der Waals surface area contributed by atoms with Gasteiger partial charge in [0.2, 0.25) is 11.8 Å². The van der Waals surface area contributed by atoms with Crippen molar-refractivity contribution in [3.63, 3.8) is 0 Å². The van der Waals surface area contributed by atoms with Gasteiger partial charge in [-0.3, -0.25) is 19.4 Å². The number of nitrogens with zero attached hydrogens (tertiary/aromatic N) is 4. The van der Waals surface area contributed by atoms with Gasteiger partial charge in [0.1, 0.15) is 66.7 Å². The van der Waals surface area contributed by atoms with Gasteiger partial charge in [-0.05, 0) is 214 Å². The van der Waals surface area contributed by atoms with E-state index in [1.165, 1.54) is 12.0 Å². The minimum atomic E-state index is -1.21. The maximum Gasteiger partial charge on any atom is 0.408 e. The molecule has 6 fully saturated rings. The Morgan fingerprint density at radius 1 is 0.457 bits per heavy atom. The van der Waals surface area contributed by atoms with Crippen LogP contribution in [-0.4, -0.2) is 302 Å². The second-order valence-electron chi connectivity index (χ2n) is 33.5. The van der Waals surface area contributed by atoms with Crippen LogP contribution in [0.25, 0.3) is 0 Å². The van der Waals surface area contributed by atoms with Gasteiger partial charge in [0, 0.05) is 85.3 Å². The molecular weight excluding hydrogens is 1690 g/mol. The van der Waals surface area contributed by atoms with E-state index in [-0.39, 0.29) is 107 Å². The van der Waals surface area contributed by atoms with Crippen molar-refractivity contribution in [2.24, 2.45) is 0 Å². The number of aliphatic hydroxyl groups is 4. The summed E-state index contributed by atoms with van der Waals surface area (Å²) >= 11 is 12.1. The Kier molecular flexibility index (Phi) is 46.7. The topological polar surface area (TPSA) is 374 Å². The van der Waals surface area contributed by atoms with Gasteiger partial charge in [-0.15, -0.1) is 0 Å². The summed E-state index contributed by atoms with van der Waals surface area (Å²) in [5.41, 5.74) is 2.65. The minimum absolute atomic E-state index is 0.00970. The van der Waals surface area contributed by atoms with Crippen LogP contribution in [0.4, 0.5) is 9.59 Å². The Labute approximate surface area is 757 Å². The highest BCUT2D eigenvalue weighted by Gasteiger charge is 2.36. The van der Waals surface area contributed by atoms with Crippen LogP contribution in [0.2, 0.25) is 10.0 Å². The average molecular weight is 1820 g/mol. The number of carboxylic acid groups (broad SMARTS) is 1. The number of benzene rings is 5. The van der Waals surface area contributed by atoms with Crippen molar-refractivity contribution in [3.8, 4) is 23.0 Å². The fourth-order valence-corrected chi connectivity index (χ4v) is 15.1. The molecule has 10 atom stereocenters. The smallest absolute Gasteiger partial charge is 0.408 e. The van der Waals surface area contributed by atoms with Crippen LogP contribution in [0.1, 0.15) is 171 Å². The Hall–Kier alpha value is -7.81. The van der Waals surface area contributed by atoms with Crippen LogP contribution in [0.3, 0.4) is 0 Å². The Morgan fingerprint density at radius 2 is 0.850 bits per heavy atom. The molecule has 8 N–H and O–H groups in total. The van der Waals surface area contributed by atoms with E-state index in [1.54, 1.807) is 112 Å². The molecule has 34 heteroatoms. The number of aliphatic hydroxyl groups excluding tert-OH is 4. The highest BCUT2D eigenvalue weighted by molar-refractivity contribution is 6.42. The first-order chi connectivity index (χ1) is 61.2. The van der Waals surface area contributed by atoms with Crippen LogP contribution in [0.15, 0.2) is 115 Å². The van der Waals surface area contributed by atoms with E-state index in [9.17, 15) is 29.1 Å². The molecular formula is C93H137Cl2N7O25. The van der Waals surface area contributed by atoms with Crippen molar-refractivity contribution in [1.29, 1.82) is 0 Å². The van der Waals surface area contributed by atoms with Gasteiger partial charge in [-0.2, -0.15) is 0 Å². The van der Waals surface area contributed by atoms with E-state index >= 15 is 0 Å². The van der Waals surface area contributed by atoms with Crippen molar-refractivity contribution in [3.05, 3.63) is 153 Å². The lowest BCUT2D eigenvalue weighted by molar-refractivity contribution is -0.165. The van der Waals surface area contributed by atoms with Crippen LogP contribution < -0.4 is 34.9 Å². The molecule has 4 amide bonds. The number of rotatable bonds is 43. The largest absolute Gasteiger partial charge is 0.491 e.